The van der Waals surface area contributed by atoms with Gasteiger partial charge < -0.3 is 10.0 Å². The molecule has 1 aliphatic rings. The SMILES string of the molecule is CN(C)C1CCCS(=O)(=O)C1CCC(=O)O. The third-order valence-corrected chi connectivity index (χ3v) is 5.46. The van der Waals surface area contributed by atoms with Gasteiger partial charge in [-0.1, -0.05) is 0 Å². The van der Waals surface area contributed by atoms with Crippen LogP contribution in [0.5, 0.6) is 0 Å². The summed E-state index contributed by atoms with van der Waals surface area (Å²) in [6.07, 6.45) is 1.65. The summed E-state index contributed by atoms with van der Waals surface area (Å²) in [5.74, 6) is -0.736. The van der Waals surface area contributed by atoms with E-state index in [4.69, 9.17) is 5.11 Å². The zero-order chi connectivity index (χ0) is 12.3. The summed E-state index contributed by atoms with van der Waals surface area (Å²) in [4.78, 5) is 12.4. The van der Waals surface area contributed by atoms with Gasteiger partial charge in [-0.25, -0.2) is 8.42 Å². The number of carbonyl (C=O) groups is 1. The molecule has 6 heteroatoms. The summed E-state index contributed by atoms with van der Waals surface area (Å²) in [7, 11) is 0.575. The van der Waals surface area contributed by atoms with Crippen LogP contribution in [0.1, 0.15) is 25.7 Å². The molecule has 2 atom stereocenters. The van der Waals surface area contributed by atoms with E-state index in [0.717, 1.165) is 6.42 Å². The van der Waals surface area contributed by atoms with Gasteiger partial charge in [-0.3, -0.25) is 4.79 Å². The van der Waals surface area contributed by atoms with Crippen molar-refractivity contribution in [3.8, 4) is 0 Å². The van der Waals surface area contributed by atoms with E-state index in [2.05, 4.69) is 0 Å². The molecule has 1 saturated heterocycles. The minimum Gasteiger partial charge on any atom is -0.481 e. The minimum absolute atomic E-state index is 0.0434. The van der Waals surface area contributed by atoms with E-state index in [-0.39, 0.29) is 24.6 Å². The van der Waals surface area contributed by atoms with Crippen LogP contribution in [-0.4, -0.2) is 55.5 Å². The van der Waals surface area contributed by atoms with Crippen LogP contribution in [0, 0.1) is 0 Å². The lowest BCUT2D eigenvalue weighted by atomic mass is 10.0. The molecule has 0 spiro atoms. The molecule has 0 saturated carbocycles. The molecule has 1 N–H and O–H groups in total. The molecule has 1 heterocycles. The topological polar surface area (TPSA) is 74.7 Å². The second kappa shape index (κ2) is 5.14. The molecule has 0 bridgehead atoms. The molecule has 1 fully saturated rings. The first-order chi connectivity index (χ1) is 7.34. The zero-order valence-electron chi connectivity index (χ0n) is 9.72. The molecular weight excluding hydrogens is 230 g/mol. The highest BCUT2D eigenvalue weighted by molar-refractivity contribution is 7.92. The molecule has 0 aromatic heterocycles. The highest BCUT2D eigenvalue weighted by Crippen LogP contribution is 2.26. The summed E-state index contributed by atoms with van der Waals surface area (Å²) >= 11 is 0. The number of carboxylic acid groups (broad SMARTS) is 1. The third kappa shape index (κ3) is 3.18. The van der Waals surface area contributed by atoms with Crippen LogP contribution in [0.2, 0.25) is 0 Å². The van der Waals surface area contributed by atoms with Gasteiger partial charge >= 0.3 is 5.97 Å². The van der Waals surface area contributed by atoms with Crippen LogP contribution in [0.3, 0.4) is 0 Å². The molecule has 94 valence electrons. The van der Waals surface area contributed by atoms with Crippen molar-refractivity contribution in [1.82, 2.24) is 4.90 Å². The summed E-state index contributed by atoms with van der Waals surface area (Å²) in [5.41, 5.74) is 0. The van der Waals surface area contributed by atoms with Crippen molar-refractivity contribution >= 4 is 15.8 Å². The molecule has 5 nitrogen and oxygen atoms in total. The largest absolute Gasteiger partial charge is 0.481 e. The normalized spacial score (nSPS) is 29.2. The van der Waals surface area contributed by atoms with Crippen LogP contribution in [0.4, 0.5) is 0 Å². The van der Waals surface area contributed by atoms with Gasteiger partial charge in [0.1, 0.15) is 0 Å². The van der Waals surface area contributed by atoms with E-state index in [0.29, 0.717) is 6.42 Å². The van der Waals surface area contributed by atoms with Crippen molar-refractivity contribution in [2.24, 2.45) is 0 Å². The number of carboxylic acids is 1. The Morgan fingerprint density at radius 1 is 1.44 bits per heavy atom. The van der Waals surface area contributed by atoms with Crippen molar-refractivity contribution < 1.29 is 18.3 Å². The number of rotatable bonds is 4. The second-order valence-electron chi connectivity index (χ2n) is 4.51. The third-order valence-electron chi connectivity index (χ3n) is 3.13. The van der Waals surface area contributed by atoms with Crippen LogP contribution in [-0.2, 0) is 14.6 Å². The van der Waals surface area contributed by atoms with Crippen LogP contribution >= 0.6 is 0 Å². The van der Waals surface area contributed by atoms with Gasteiger partial charge in [0, 0.05) is 12.5 Å². The number of hydrogen-bond donors (Lipinski definition) is 1. The number of hydrogen-bond acceptors (Lipinski definition) is 4. The predicted octanol–water partition coefficient (Wildman–Crippen LogP) is 0.359. The van der Waals surface area contributed by atoms with Gasteiger partial charge in [-0.15, -0.1) is 0 Å². The molecule has 0 radical (unpaired) electrons. The summed E-state index contributed by atoms with van der Waals surface area (Å²) in [6, 6.07) is -0.0434. The Labute approximate surface area is 96.4 Å². The predicted molar refractivity (Wildman–Crippen MR) is 61.2 cm³/mol. The van der Waals surface area contributed by atoms with Gasteiger partial charge in [0.05, 0.1) is 11.0 Å². The molecule has 2 unspecified atom stereocenters. The minimum atomic E-state index is -3.12. The smallest absolute Gasteiger partial charge is 0.303 e. The number of nitrogens with zero attached hydrogens (tertiary/aromatic N) is 1. The van der Waals surface area contributed by atoms with Gasteiger partial charge in [-0.05, 0) is 33.4 Å². The van der Waals surface area contributed by atoms with E-state index in [9.17, 15) is 13.2 Å². The van der Waals surface area contributed by atoms with Gasteiger partial charge in [0.15, 0.2) is 9.84 Å². The maximum absolute atomic E-state index is 11.9. The first kappa shape index (κ1) is 13.4. The van der Waals surface area contributed by atoms with Crippen molar-refractivity contribution in [2.45, 2.75) is 37.0 Å². The highest BCUT2D eigenvalue weighted by atomic mass is 32.2. The van der Waals surface area contributed by atoms with Gasteiger partial charge in [0.25, 0.3) is 0 Å². The van der Waals surface area contributed by atoms with E-state index in [1.165, 1.54) is 0 Å². The van der Waals surface area contributed by atoms with Crippen molar-refractivity contribution in [1.29, 1.82) is 0 Å². The Bertz CT molecular complexity index is 350. The lowest BCUT2D eigenvalue weighted by molar-refractivity contribution is -0.137. The maximum atomic E-state index is 11.9. The van der Waals surface area contributed by atoms with Gasteiger partial charge in [0.2, 0.25) is 0 Å². The fourth-order valence-electron chi connectivity index (χ4n) is 2.30. The lowest BCUT2D eigenvalue weighted by Crippen LogP contribution is -2.47. The highest BCUT2D eigenvalue weighted by Gasteiger charge is 2.37. The molecular formula is C10H19NO4S. The Morgan fingerprint density at radius 3 is 2.56 bits per heavy atom. The molecule has 1 rings (SSSR count). The van der Waals surface area contributed by atoms with E-state index in [1.54, 1.807) is 0 Å². The average molecular weight is 249 g/mol. The fraction of sp³-hybridized carbons (Fsp3) is 0.900. The van der Waals surface area contributed by atoms with E-state index in [1.807, 2.05) is 19.0 Å². The van der Waals surface area contributed by atoms with Crippen molar-refractivity contribution in [2.75, 3.05) is 19.8 Å². The Kier molecular flexibility index (Phi) is 4.32. The summed E-state index contributed by atoms with van der Waals surface area (Å²) < 4.78 is 23.8. The number of sulfone groups is 1. The molecule has 16 heavy (non-hydrogen) atoms. The summed E-state index contributed by atoms with van der Waals surface area (Å²) in [6.45, 7) is 0. The summed E-state index contributed by atoms with van der Waals surface area (Å²) in [5, 5.41) is 8.11. The van der Waals surface area contributed by atoms with Gasteiger partial charge in [-0.2, -0.15) is 0 Å². The maximum Gasteiger partial charge on any atom is 0.303 e. The fourth-order valence-corrected chi connectivity index (χ4v) is 4.51. The van der Waals surface area contributed by atoms with Crippen LogP contribution < -0.4 is 0 Å². The molecule has 0 aliphatic carbocycles. The molecule has 0 aromatic rings. The van der Waals surface area contributed by atoms with Crippen molar-refractivity contribution in [3.63, 3.8) is 0 Å². The molecule has 0 aromatic carbocycles. The van der Waals surface area contributed by atoms with Crippen molar-refractivity contribution in [3.05, 3.63) is 0 Å². The van der Waals surface area contributed by atoms with Crippen LogP contribution in [0.15, 0.2) is 0 Å². The Morgan fingerprint density at radius 2 is 2.06 bits per heavy atom. The monoisotopic (exact) mass is 249 g/mol. The molecule has 0 amide bonds. The lowest BCUT2D eigenvalue weighted by Gasteiger charge is -2.35. The Hall–Kier alpha value is -0.620. The first-order valence-corrected chi connectivity index (χ1v) is 7.16. The zero-order valence-corrected chi connectivity index (χ0v) is 10.5. The standard InChI is InChI=1S/C10H19NO4S/c1-11(2)8-4-3-7-16(14,15)9(8)5-6-10(12)13/h8-9H,3-7H2,1-2H3,(H,12,13). The molecule has 1 aliphatic heterocycles. The van der Waals surface area contributed by atoms with E-state index < -0.39 is 21.1 Å². The van der Waals surface area contributed by atoms with Crippen LogP contribution in [0.25, 0.3) is 0 Å². The number of aliphatic carboxylic acids is 1. The average Bonchev–Trinajstić information content (AvgIpc) is 2.13. The first-order valence-electron chi connectivity index (χ1n) is 5.44. The second-order valence-corrected chi connectivity index (χ2v) is 6.85. The Balaban J connectivity index is 2.80. The van der Waals surface area contributed by atoms with E-state index >= 15 is 0 Å². The quantitative estimate of drug-likeness (QED) is 0.778.